The minimum Gasteiger partial charge on any atom is -0.448 e. The third kappa shape index (κ3) is 2.30. The molecule has 1 aromatic rings. The van der Waals surface area contributed by atoms with Crippen molar-refractivity contribution in [3.05, 3.63) is 17.8 Å². The van der Waals surface area contributed by atoms with Crippen LogP contribution in [0.3, 0.4) is 0 Å². The molecular formula is C11H16ClNO. The van der Waals surface area contributed by atoms with Crippen LogP contribution in [0.2, 0.25) is 0 Å². The molecule has 1 aliphatic rings. The molecule has 0 amide bonds. The Morgan fingerprint density at radius 1 is 1.36 bits per heavy atom. The number of hydrogen-bond donors (Lipinski definition) is 0. The minimum atomic E-state index is 0.471. The van der Waals surface area contributed by atoms with Gasteiger partial charge in [-0.2, -0.15) is 0 Å². The summed E-state index contributed by atoms with van der Waals surface area (Å²) in [6, 6.07) is 0. The van der Waals surface area contributed by atoms with Crippen molar-refractivity contribution < 1.29 is 4.42 Å². The summed E-state index contributed by atoms with van der Waals surface area (Å²) in [5.74, 6) is 2.27. The molecule has 1 heterocycles. The summed E-state index contributed by atoms with van der Waals surface area (Å²) in [7, 11) is 0. The van der Waals surface area contributed by atoms with E-state index in [1.807, 2.05) is 0 Å². The number of halogens is 1. The van der Waals surface area contributed by atoms with Gasteiger partial charge in [0.2, 0.25) is 0 Å². The fraction of sp³-hybridized carbons (Fsp3) is 0.727. The second kappa shape index (κ2) is 4.83. The molecule has 1 saturated carbocycles. The van der Waals surface area contributed by atoms with Crippen molar-refractivity contribution >= 4 is 11.6 Å². The van der Waals surface area contributed by atoms with E-state index in [2.05, 4.69) is 4.98 Å². The quantitative estimate of drug-likeness (QED) is 0.718. The number of oxazole rings is 1. The van der Waals surface area contributed by atoms with Gasteiger partial charge in [-0.1, -0.05) is 32.1 Å². The monoisotopic (exact) mass is 213 g/mol. The number of hydrogen-bond acceptors (Lipinski definition) is 2. The van der Waals surface area contributed by atoms with Crippen molar-refractivity contribution in [1.29, 1.82) is 0 Å². The van der Waals surface area contributed by atoms with Gasteiger partial charge < -0.3 is 4.42 Å². The lowest BCUT2D eigenvalue weighted by Crippen LogP contribution is -2.09. The lowest BCUT2D eigenvalue weighted by Gasteiger charge is -2.20. The molecule has 78 valence electrons. The summed E-state index contributed by atoms with van der Waals surface area (Å²) in [4.78, 5) is 4.10. The molecule has 0 unspecified atom stereocenters. The van der Waals surface area contributed by atoms with Crippen LogP contribution in [0.5, 0.6) is 0 Å². The zero-order chi connectivity index (χ0) is 9.80. The minimum absolute atomic E-state index is 0.471. The molecule has 0 atom stereocenters. The van der Waals surface area contributed by atoms with Gasteiger partial charge in [-0.05, 0) is 5.92 Å². The summed E-state index contributed by atoms with van der Waals surface area (Å²) in [6.45, 7) is 0. The maximum atomic E-state index is 5.77. The highest BCUT2D eigenvalue weighted by molar-refractivity contribution is 6.16. The van der Waals surface area contributed by atoms with Crippen LogP contribution in [0.15, 0.2) is 10.8 Å². The fourth-order valence-electron chi connectivity index (χ4n) is 2.22. The maximum Gasteiger partial charge on any atom is 0.181 e. The van der Waals surface area contributed by atoms with Crippen molar-refractivity contribution in [3.8, 4) is 0 Å². The van der Waals surface area contributed by atoms with Crippen LogP contribution < -0.4 is 0 Å². The largest absolute Gasteiger partial charge is 0.448 e. The van der Waals surface area contributed by atoms with E-state index in [0.29, 0.717) is 5.88 Å². The molecule has 2 rings (SSSR count). The van der Waals surface area contributed by atoms with Gasteiger partial charge in [0.1, 0.15) is 5.76 Å². The predicted octanol–water partition coefficient (Wildman–Crippen LogP) is 3.54. The Hall–Kier alpha value is -0.500. The summed E-state index contributed by atoms with van der Waals surface area (Å²) < 4.78 is 5.36. The molecule has 1 aromatic heterocycles. The molecular weight excluding hydrogens is 198 g/mol. The molecule has 3 heteroatoms. The standard InChI is InChI=1S/C11H16ClNO/c12-7-10-11(14-8-13-10)6-9-4-2-1-3-5-9/h8-9H,1-7H2. The van der Waals surface area contributed by atoms with Gasteiger partial charge in [0, 0.05) is 6.42 Å². The van der Waals surface area contributed by atoms with Crippen LogP contribution in [0.25, 0.3) is 0 Å². The van der Waals surface area contributed by atoms with E-state index in [9.17, 15) is 0 Å². The molecule has 0 aromatic carbocycles. The Labute approximate surface area is 89.7 Å². The zero-order valence-corrected chi connectivity index (χ0v) is 9.09. The number of alkyl halides is 1. The Balaban J connectivity index is 1.95. The Kier molecular flexibility index (Phi) is 3.46. The van der Waals surface area contributed by atoms with E-state index < -0.39 is 0 Å². The molecule has 0 bridgehead atoms. The molecule has 1 aliphatic carbocycles. The lowest BCUT2D eigenvalue weighted by atomic mass is 9.86. The third-order valence-corrected chi connectivity index (χ3v) is 3.30. The average Bonchev–Trinajstić information content (AvgIpc) is 2.67. The van der Waals surface area contributed by atoms with Crippen LogP contribution >= 0.6 is 11.6 Å². The smallest absolute Gasteiger partial charge is 0.181 e. The van der Waals surface area contributed by atoms with Gasteiger partial charge in [0.05, 0.1) is 11.6 Å². The highest BCUT2D eigenvalue weighted by atomic mass is 35.5. The van der Waals surface area contributed by atoms with Crippen LogP contribution in [0.1, 0.15) is 43.6 Å². The summed E-state index contributed by atoms with van der Waals surface area (Å²) >= 11 is 5.77. The fourth-order valence-corrected chi connectivity index (χ4v) is 2.44. The molecule has 0 radical (unpaired) electrons. The number of rotatable bonds is 3. The van der Waals surface area contributed by atoms with Gasteiger partial charge in [-0.25, -0.2) is 4.98 Å². The molecule has 1 fully saturated rings. The van der Waals surface area contributed by atoms with Crippen molar-refractivity contribution in [1.82, 2.24) is 4.98 Å². The third-order valence-electron chi connectivity index (χ3n) is 3.05. The van der Waals surface area contributed by atoms with Crippen LogP contribution in [-0.2, 0) is 12.3 Å². The van der Waals surface area contributed by atoms with E-state index in [0.717, 1.165) is 23.8 Å². The van der Waals surface area contributed by atoms with Gasteiger partial charge in [0.15, 0.2) is 6.39 Å². The van der Waals surface area contributed by atoms with E-state index in [1.165, 1.54) is 38.5 Å². The van der Waals surface area contributed by atoms with Crippen molar-refractivity contribution in [3.63, 3.8) is 0 Å². The number of aromatic nitrogens is 1. The first-order chi connectivity index (χ1) is 6.90. The SMILES string of the molecule is ClCc1ncoc1CC1CCCCC1. The molecule has 2 nitrogen and oxygen atoms in total. The first-order valence-electron chi connectivity index (χ1n) is 5.37. The highest BCUT2D eigenvalue weighted by Crippen LogP contribution is 2.27. The van der Waals surface area contributed by atoms with Gasteiger partial charge in [-0.15, -0.1) is 11.6 Å². The Bertz CT molecular complexity index is 279. The Morgan fingerprint density at radius 3 is 2.86 bits per heavy atom. The molecule has 0 spiro atoms. The highest BCUT2D eigenvalue weighted by Gasteiger charge is 2.17. The summed E-state index contributed by atoms with van der Waals surface area (Å²) in [5, 5.41) is 0. The normalized spacial score (nSPS) is 18.6. The lowest BCUT2D eigenvalue weighted by molar-refractivity contribution is 0.333. The summed E-state index contributed by atoms with van der Waals surface area (Å²) in [5.41, 5.74) is 0.928. The average molecular weight is 214 g/mol. The first-order valence-corrected chi connectivity index (χ1v) is 5.91. The van der Waals surface area contributed by atoms with E-state index in [4.69, 9.17) is 16.0 Å². The summed E-state index contributed by atoms with van der Waals surface area (Å²) in [6.07, 6.45) is 9.35. The van der Waals surface area contributed by atoms with Crippen molar-refractivity contribution in [2.75, 3.05) is 0 Å². The molecule has 0 saturated heterocycles. The van der Waals surface area contributed by atoms with Gasteiger partial charge >= 0.3 is 0 Å². The van der Waals surface area contributed by atoms with Crippen LogP contribution in [-0.4, -0.2) is 4.98 Å². The molecule has 0 N–H and O–H groups in total. The van der Waals surface area contributed by atoms with Gasteiger partial charge in [-0.3, -0.25) is 0 Å². The van der Waals surface area contributed by atoms with Crippen LogP contribution in [0, 0.1) is 5.92 Å². The maximum absolute atomic E-state index is 5.77. The van der Waals surface area contributed by atoms with Crippen molar-refractivity contribution in [2.45, 2.75) is 44.4 Å². The first kappa shape index (κ1) is 10.0. The Morgan fingerprint density at radius 2 is 2.14 bits per heavy atom. The number of nitrogens with zero attached hydrogens (tertiary/aromatic N) is 1. The van der Waals surface area contributed by atoms with E-state index in [-0.39, 0.29) is 0 Å². The topological polar surface area (TPSA) is 26.0 Å². The second-order valence-electron chi connectivity index (χ2n) is 4.06. The van der Waals surface area contributed by atoms with Gasteiger partial charge in [0.25, 0.3) is 0 Å². The van der Waals surface area contributed by atoms with Crippen molar-refractivity contribution in [2.24, 2.45) is 5.92 Å². The second-order valence-corrected chi connectivity index (χ2v) is 4.33. The zero-order valence-electron chi connectivity index (χ0n) is 8.34. The van der Waals surface area contributed by atoms with E-state index in [1.54, 1.807) is 0 Å². The predicted molar refractivity (Wildman–Crippen MR) is 56.3 cm³/mol. The van der Waals surface area contributed by atoms with Crippen LogP contribution in [0.4, 0.5) is 0 Å². The molecule has 14 heavy (non-hydrogen) atoms. The van der Waals surface area contributed by atoms with E-state index >= 15 is 0 Å². The molecule has 0 aliphatic heterocycles.